The summed E-state index contributed by atoms with van der Waals surface area (Å²) >= 11 is 0. The van der Waals surface area contributed by atoms with Crippen LogP contribution in [0.25, 0.3) is 0 Å². The molecule has 1 rings (SSSR count). The predicted octanol–water partition coefficient (Wildman–Crippen LogP) is 1.31. The minimum absolute atomic E-state index is 0.267. The van der Waals surface area contributed by atoms with Crippen molar-refractivity contribution >= 4 is 0 Å². The molecule has 0 heterocycles. The summed E-state index contributed by atoms with van der Waals surface area (Å²) < 4.78 is 0. The van der Waals surface area contributed by atoms with Crippen molar-refractivity contribution in [2.24, 2.45) is 11.3 Å². The summed E-state index contributed by atoms with van der Waals surface area (Å²) in [4.78, 5) is 0. The van der Waals surface area contributed by atoms with Gasteiger partial charge in [-0.25, -0.2) is 0 Å². The predicted molar refractivity (Wildman–Crippen MR) is 59.4 cm³/mol. The lowest BCUT2D eigenvalue weighted by atomic mass is 9.61. The van der Waals surface area contributed by atoms with Crippen LogP contribution in [-0.2, 0) is 0 Å². The van der Waals surface area contributed by atoms with E-state index < -0.39 is 23.2 Å². The monoisotopic (exact) mass is 216 g/mol. The Kier molecular flexibility index (Phi) is 3.49. The first-order valence-corrected chi connectivity index (χ1v) is 5.84. The quantitative estimate of drug-likeness (QED) is 0.652. The van der Waals surface area contributed by atoms with Crippen LogP contribution in [0.1, 0.15) is 47.0 Å². The van der Waals surface area contributed by atoms with Crippen LogP contribution in [0.15, 0.2) is 0 Å². The van der Waals surface area contributed by atoms with Gasteiger partial charge in [0.15, 0.2) is 0 Å². The van der Waals surface area contributed by atoms with Crippen molar-refractivity contribution in [3.8, 4) is 0 Å². The Morgan fingerprint density at radius 3 is 1.93 bits per heavy atom. The molecule has 15 heavy (non-hydrogen) atoms. The van der Waals surface area contributed by atoms with Crippen LogP contribution in [0.5, 0.6) is 0 Å². The summed E-state index contributed by atoms with van der Waals surface area (Å²) in [6, 6.07) is 0. The second-order valence-electron chi connectivity index (χ2n) is 5.67. The molecule has 0 amide bonds. The molecular weight excluding hydrogens is 192 g/mol. The number of hydrogen-bond acceptors (Lipinski definition) is 3. The normalized spacial score (nSPS) is 43.0. The summed E-state index contributed by atoms with van der Waals surface area (Å²) in [6.07, 6.45) is 0.206. The zero-order valence-electron chi connectivity index (χ0n) is 10.2. The second-order valence-corrected chi connectivity index (χ2v) is 5.67. The molecule has 1 saturated carbocycles. The van der Waals surface area contributed by atoms with Gasteiger partial charge in [0, 0.05) is 0 Å². The zero-order valence-corrected chi connectivity index (χ0v) is 10.2. The minimum Gasteiger partial charge on any atom is -0.390 e. The van der Waals surface area contributed by atoms with Crippen LogP contribution in [0.4, 0.5) is 0 Å². The number of aliphatic hydroxyl groups excluding tert-OH is 2. The van der Waals surface area contributed by atoms with E-state index in [0.717, 1.165) is 6.42 Å². The molecule has 1 aliphatic rings. The SMILES string of the molecule is CCC(C)(C)C1(O)[C@H](O)CC(C)C[C@@H]1O. The maximum absolute atomic E-state index is 10.6. The van der Waals surface area contributed by atoms with E-state index in [1.807, 2.05) is 27.7 Å². The highest BCUT2D eigenvalue weighted by atomic mass is 16.4. The second kappa shape index (κ2) is 4.04. The van der Waals surface area contributed by atoms with Crippen LogP contribution >= 0.6 is 0 Å². The van der Waals surface area contributed by atoms with Gasteiger partial charge in [0.25, 0.3) is 0 Å². The van der Waals surface area contributed by atoms with Crippen molar-refractivity contribution < 1.29 is 15.3 Å². The lowest BCUT2D eigenvalue weighted by Gasteiger charge is -2.52. The maximum Gasteiger partial charge on any atom is 0.121 e. The van der Waals surface area contributed by atoms with Crippen molar-refractivity contribution in [2.45, 2.75) is 64.8 Å². The standard InChI is InChI=1S/C12H24O3/c1-5-11(3,4)12(15)9(13)6-8(2)7-10(12)14/h8-10,13-15H,5-7H2,1-4H3/t8?,9-,10+,12?. The molecule has 1 fully saturated rings. The van der Waals surface area contributed by atoms with Crippen molar-refractivity contribution in [1.29, 1.82) is 0 Å². The largest absolute Gasteiger partial charge is 0.390 e. The minimum atomic E-state index is -1.37. The van der Waals surface area contributed by atoms with Gasteiger partial charge in [-0.1, -0.05) is 27.7 Å². The van der Waals surface area contributed by atoms with Gasteiger partial charge in [-0.3, -0.25) is 0 Å². The fourth-order valence-corrected chi connectivity index (χ4v) is 2.63. The molecule has 0 bridgehead atoms. The third-order valence-corrected chi connectivity index (χ3v) is 4.24. The van der Waals surface area contributed by atoms with E-state index in [2.05, 4.69) is 0 Å². The molecular formula is C12H24O3. The smallest absolute Gasteiger partial charge is 0.121 e. The van der Waals surface area contributed by atoms with Gasteiger partial charge in [-0.15, -0.1) is 0 Å². The molecule has 0 spiro atoms. The topological polar surface area (TPSA) is 60.7 Å². The van der Waals surface area contributed by atoms with Gasteiger partial charge in [0.1, 0.15) is 5.60 Å². The molecule has 0 aromatic rings. The highest BCUT2D eigenvalue weighted by Crippen LogP contribution is 2.45. The Morgan fingerprint density at radius 2 is 1.60 bits per heavy atom. The first-order valence-electron chi connectivity index (χ1n) is 5.84. The lowest BCUT2D eigenvalue weighted by Crippen LogP contribution is -2.64. The van der Waals surface area contributed by atoms with Crippen LogP contribution in [0.3, 0.4) is 0 Å². The summed E-state index contributed by atoms with van der Waals surface area (Å²) in [5, 5.41) is 30.6. The molecule has 3 heteroatoms. The van der Waals surface area contributed by atoms with Gasteiger partial charge in [0.2, 0.25) is 0 Å². The van der Waals surface area contributed by atoms with E-state index >= 15 is 0 Å². The van der Waals surface area contributed by atoms with Crippen molar-refractivity contribution in [1.82, 2.24) is 0 Å². The molecule has 0 saturated heterocycles. The number of rotatable bonds is 2. The molecule has 90 valence electrons. The highest BCUT2D eigenvalue weighted by molar-refractivity contribution is 5.06. The Morgan fingerprint density at radius 1 is 1.20 bits per heavy atom. The van der Waals surface area contributed by atoms with Crippen molar-refractivity contribution in [3.05, 3.63) is 0 Å². The number of aliphatic hydroxyl groups is 3. The Bertz CT molecular complexity index is 213. The van der Waals surface area contributed by atoms with Gasteiger partial charge < -0.3 is 15.3 Å². The molecule has 0 aromatic heterocycles. The van der Waals surface area contributed by atoms with E-state index in [4.69, 9.17) is 0 Å². The van der Waals surface area contributed by atoms with Crippen LogP contribution < -0.4 is 0 Å². The Hall–Kier alpha value is -0.120. The van der Waals surface area contributed by atoms with Gasteiger partial charge in [0.05, 0.1) is 12.2 Å². The fourth-order valence-electron chi connectivity index (χ4n) is 2.63. The molecule has 2 unspecified atom stereocenters. The Balaban J connectivity index is 2.99. The van der Waals surface area contributed by atoms with E-state index in [1.54, 1.807) is 0 Å². The van der Waals surface area contributed by atoms with E-state index in [9.17, 15) is 15.3 Å². The average Bonchev–Trinajstić information content (AvgIpc) is 2.13. The number of hydrogen-bond donors (Lipinski definition) is 3. The molecule has 0 aliphatic heterocycles. The third-order valence-electron chi connectivity index (χ3n) is 4.24. The zero-order chi connectivity index (χ0) is 11.9. The van der Waals surface area contributed by atoms with E-state index in [1.165, 1.54) is 0 Å². The molecule has 3 N–H and O–H groups in total. The summed E-state index contributed by atoms with van der Waals surface area (Å²) in [5.74, 6) is 0.267. The average molecular weight is 216 g/mol. The molecule has 4 atom stereocenters. The van der Waals surface area contributed by atoms with Gasteiger partial charge in [-0.2, -0.15) is 0 Å². The first kappa shape index (κ1) is 12.9. The summed E-state index contributed by atoms with van der Waals surface area (Å²) in [7, 11) is 0. The van der Waals surface area contributed by atoms with Crippen molar-refractivity contribution in [2.75, 3.05) is 0 Å². The van der Waals surface area contributed by atoms with Crippen LogP contribution in [0.2, 0.25) is 0 Å². The Labute approximate surface area is 92.1 Å². The first-order chi connectivity index (χ1) is 6.75. The third kappa shape index (κ3) is 1.93. The van der Waals surface area contributed by atoms with Crippen LogP contribution in [-0.4, -0.2) is 33.1 Å². The lowest BCUT2D eigenvalue weighted by molar-refractivity contribution is -0.230. The molecule has 0 aromatic carbocycles. The summed E-state index contributed by atoms with van der Waals surface area (Å²) in [6.45, 7) is 7.76. The van der Waals surface area contributed by atoms with E-state index in [-0.39, 0.29) is 5.92 Å². The molecule has 1 aliphatic carbocycles. The fraction of sp³-hybridized carbons (Fsp3) is 1.00. The summed E-state index contributed by atoms with van der Waals surface area (Å²) in [5.41, 5.74) is -1.83. The van der Waals surface area contributed by atoms with E-state index in [0.29, 0.717) is 12.8 Å². The van der Waals surface area contributed by atoms with Gasteiger partial charge in [-0.05, 0) is 30.6 Å². The maximum atomic E-state index is 10.6. The van der Waals surface area contributed by atoms with Crippen molar-refractivity contribution in [3.63, 3.8) is 0 Å². The molecule has 0 radical (unpaired) electrons. The van der Waals surface area contributed by atoms with Gasteiger partial charge >= 0.3 is 0 Å². The highest BCUT2D eigenvalue weighted by Gasteiger charge is 2.55. The van der Waals surface area contributed by atoms with Crippen LogP contribution in [0, 0.1) is 11.3 Å². The molecule has 3 nitrogen and oxygen atoms in total.